The number of aryl methyl sites for hydroxylation is 2. The smallest absolute Gasteiger partial charge is 0.276 e. The summed E-state index contributed by atoms with van der Waals surface area (Å²) in [6.07, 6.45) is 0. The Morgan fingerprint density at radius 1 is 1.00 bits per heavy atom. The van der Waals surface area contributed by atoms with Gasteiger partial charge in [0.05, 0.1) is 5.56 Å². The molecule has 2 aromatic carbocycles. The first-order valence-electron chi connectivity index (χ1n) is 7.10. The van der Waals surface area contributed by atoms with E-state index in [0.29, 0.717) is 11.8 Å². The average molecular weight is 334 g/mol. The van der Waals surface area contributed by atoms with Gasteiger partial charge in [-0.15, -0.1) is 0 Å². The molecule has 0 aliphatic heterocycles. The van der Waals surface area contributed by atoms with Crippen molar-refractivity contribution in [1.29, 1.82) is 0 Å². The van der Waals surface area contributed by atoms with Crippen molar-refractivity contribution in [2.75, 3.05) is 6.61 Å². The molecule has 0 fully saturated rings. The summed E-state index contributed by atoms with van der Waals surface area (Å²) in [6.45, 7) is 3.48. The van der Waals surface area contributed by atoms with Crippen LogP contribution in [0, 0.1) is 25.5 Å². The number of ether oxygens (including phenoxy) is 1. The van der Waals surface area contributed by atoms with E-state index in [1.165, 1.54) is 0 Å². The van der Waals surface area contributed by atoms with E-state index in [9.17, 15) is 18.4 Å². The van der Waals surface area contributed by atoms with Gasteiger partial charge in [-0.25, -0.2) is 8.78 Å². The SMILES string of the molecule is Cc1cc(C)cc(OCC(=O)NNC(=O)c2ccc(F)cc2F)c1. The van der Waals surface area contributed by atoms with Gasteiger partial charge in [-0.05, 0) is 49.2 Å². The zero-order chi connectivity index (χ0) is 17.7. The van der Waals surface area contributed by atoms with Crippen molar-refractivity contribution in [3.05, 3.63) is 64.7 Å². The van der Waals surface area contributed by atoms with E-state index in [1.54, 1.807) is 12.1 Å². The minimum Gasteiger partial charge on any atom is -0.484 e. The third-order valence-corrected chi connectivity index (χ3v) is 3.06. The number of hydrazine groups is 1. The molecule has 0 aromatic heterocycles. The topological polar surface area (TPSA) is 67.4 Å². The molecule has 0 heterocycles. The molecule has 0 atom stereocenters. The molecule has 0 radical (unpaired) electrons. The van der Waals surface area contributed by atoms with Crippen LogP contribution in [0.2, 0.25) is 0 Å². The third-order valence-electron chi connectivity index (χ3n) is 3.06. The monoisotopic (exact) mass is 334 g/mol. The fourth-order valence-electron chi connectivity index (χ4n) is 2.07. The Labute approximate surface area is 137 Å². The van der Waals surface area contributed by atoms with Crippen molar-refractivity contribution in [2.24, 2.45) is 0 Å². The summed E-state index contributed by atoms with van der Waals surface area (Å²) in [5.41, 5.74) is 5.74. The molecular formula is C17H16F2N2O3. The minimum atomic E-state index is -1.02. The van der Waals surface area contributed by atoms with E-state index in [4.69, 9.17) is 4.74 Å². The molecule has 126 valence electrons. The van der Waals surface area contributed by atoms with E-state index < -0.39 is 23.4 Å². The zero-order valence-electron chi connectivity index (χ0n) is 13.2. The number of nitrogens with one attached hydrogen (secondary N) is 2. The quantitative estimate of drug-likeness (QED) is 0.844. The number of carbonyl (C=O) groups excluding carboxylic acids is 2. The number of rotatable bonds is 4. The maximum absolute atomic E-state index is 13.4. The number of halogens is 2. The Balaban J connectivity index is 1.85. The maximum atomic E-state index is 13.4. The molecule has 0 unspecified atom stereocenters. The number of hydrogen-bond donors (Lipinski definition) is 2. The first-order valence-corrected chi connectivity index (χ1v) is 7.10. The van der Waals surface area contributed by atoms with Crippen LogP contribution in [0.4, 0.5) is 8.78 Å². The summed E-state index contributed by atoms with van der Waals surface area (Å²) in [5.74, 6) is -2.81. The van der Waals surface area contributed by atoms with Gasteiger partial charge in [0.15, 0.2) is 6.61 Å². The summed E-state index contributed by atoms with van der Waals surface area (Å²) in [6, 6.07) is 8.02. The molecular weight excluding hydrogens is 318 g/mol. The molecule has 24 heavy (non-hydrogen) atoms. The zero-order valence-corrected chi connectivity index (χ0v) is 13.2. The molecule has 0 aliphatic carbocycles. The Morgan fingerprint density at radius 3 is 2.29 bits per heavy atom. The molecule has 2 N–H and O–H groups in total. The fraction of sp³-hybridized carbons (Fsp3) is 0.176. The van der Waals surface area contributed by atoms with Crippen LogP contribution in [0.25, 0.3) is 0 Å². The van der Waals surface area contributed by atoms with Gasteiger partial charge in [-0.3, -0.25) is 20.4 Å². The van der Waals surface area contributed by atoms with Crippen LogP contribution in [-0.2, 0) is 4.79 Å². The Kier molecular flexibility index (Phi) is 5.47. The number of carbonyl (C=O) groups is 2. The normalized spacial score (nSPS) is 10.2. The second-order valence-electron chi connectivity index (χ2n) is 5.24. The fourth-order valence-corrected chi connectivity index (χ4v) is 2.07. The van der Waals surface area contributed by atoms with Gasteiger partial charge >= 0.3 is 0 Å². The van der Waals surface area contributed by atoms with E-state index in [1.807, 2.05) is 25.3 Å². The summed E-state index contributed by atoms with van der Waals surface area (Å²) in [7, 11) is 0. The molecule has 2 rings (SSSR count). The van der Waals surface area contributed by atoms with E-state index in [-0.39, 0.29) is 12.2 Å². The van der Waals surface area contributed by atoms with Gasteiger partial charge in [0.25, 0.3) is 11.8 Å². The third kappa shape index (κ3) is 4.77. The highest BCUT2D eigenvalue weighted by Gasteiger charge is 2.13. The largest absolute Gasteiger partial charge is 0.484 e. The van der Waals surface area contributed by atoms with Gasteiger partial charge in [-0.2, -0.15) is 0 Å². The van der Waals surface area contributed by atoms with Crippen molar-refractivity contribution in [3.63, 3.8) is 0 Å². The van der Waals surface area contributed by atoms with Crippen LogP contribution in [-0.4, -0.2) is 18.4 Å². The molecule has 0 bridgehead atoms. The maximum Gasteiger partial charge on any atom is 0.276 e. The Morgan fingerprint density at radius 2 is 1.67 bits per heavy atom. The lowest BCUT2D eigenvalue weighted by molar-refractivity contribution is -0.123. The van der Waals surface area contributed by atoms with E-state index >= 15 is 0 Å². The number of hydrogen-bond acceptors (Lipinski definition) is 3. The predicted molar refractivity (Wildman–Crippen MR) is 83.4 cm³/mol. The molecule has 0 saturated heterocycles. The van der Waals surface area contributed by atoms with E-state index in [0.717, 1.165) is 23.3 Å². The van der Waals surface area contributed by atoms with Crippen LogP contribution in [0.5, 0.6) is 5.75 Å². The second kappa shape index (κ2) is 7.54. The molecule has 5 nitrogen and oxygen atoms in total. The van der Waals surface area contributed by atoms with Gasteiger partial charge < -0.3 is 4.74 Å². The van der Waals surface area contributed by atoms with Crippen molar-refractivity contribution in [3.8, 4) is 5.75 Å². The van der Waals surface area contributed by atoms with Crippen LogP contribution < -0.4 is 15.6 Å². The highest BCUT2D eigenvalue weighted by molar-refractivity contribution is 5.95. The Bertz CT molecular complexity index is 758. The average Bonchev–Trinajstić information content (AvgIpc) is 2.49. The first-order chi connectivity index (χ1) is 11.3. The molecule has 2 aromatic rings. The number of amides is 2. The minimum absolute atomic E-state index is 0.324. The standard InChI is InChI=1S/C17H16F2N2O3/c1-10-5-11(2)7-13(6-10)24-9-16(22)20-21-17(23)14-4-3-12(18)8-15(14)19/h3-8H,9H2,1-2H3,(H,20,22)(H,21,23). The van der Waals surface area contributed by atoms with Gasteiger partial charge in [0.2, 0.25) is 0 Å². The van der Waals surface area contributed by atoms with Gasteiger partial charge in [0.1, 0.15) is 17.4 Å². The summed E-state index contributed by atoms with van der Waals surface area (Å²) in [4.78, 5) is 23.4. The number of benzene rings is 2. The summed E-state index contributed by atoms with van der Waals surface area (Å²) >= 11 is 0. The lowest BCUT2D eigenvalue weighted by atomic mass is 10.1. The van der Waals surface area contributed by atoms with Gasteiger partial charge in [-0.1, -0.05) is 6.07 Å². The van der Waals surface area contributed by atoms with Crippen molar-refractivity contribution in [2.45, 2.75) is 13.8 Å². The van der Waals surface area contributed by atoms with Gasteiger partial charge in [0, 0.05) is 6.07 Å². The Hall–Kier alpha value is -2.96. The van der Waals surface area contributed by atoms with Crippen molar-refractivity contribution in [1.82, 2.24) is 10.9 Å². The first kappa shape index (κ1) is 17.4. The lowest BCUT2D eigenvalue weighted by Crippen LogP contribution is -2.44. The highest BCUT2D eigenvalue weighted by Crippen LogP contribution is 2.15. The summed E-state index contributed by atoms with van der Waals surface area (Å²) in [5, 5.41) is 0. The molecule has 0 saturated carbocycles. The van der Waals surface area contributed by atoms with Crippen molar-refractivity contribution < 1.29 is 23.1 Å². The molecule has 2 amide bonds. The van der Waals surface area contributed by atoms with Crippen molar-refractivity contribution >= 4 is 11.8 Å². The molecule has 0 spiro atoms. The summed E-state index contributed by atoms with van der Waals surface area (Å²) < 4.78 is 31.5. The van der Waals surface area contributed by atoms with Crippen LogP contribution in [0.3, 0.4) is 0 Å². The molecule has 7 heteroatoms. The highest BCUT2D eigenvalue weighted by atomic mass is 19.1. The molecule has 0 aliphatic rings. The van der Waals surface area contributed by atoms with Crippen LogP contribution >= 0.6 is 0 Å². The predicted octanol–water partition coefficient (Wildman–Crippen LogP) is 2.42. The van der Waals surface area contributed by atoms with Crippen LogP contribution in [0.15, 0.2) is 36.4 Å². The lowest BCUT2D eigenvalue weighted by Gasteiger charge is -2.10. The second-order valence-corrected chi connectivity index (χ2v) is 5.24. The van der Waals surface area contributed by atoms with Crippen LogP contribution in [0.1, 0.15) is 21.5 Å². The van der Waals surface area contributed by atoms with E-state index in [2.05, 4.69) is 5.43 Å².